The van der Waals surface area contributed by atoms with Crippen molar-refractivity contribution in [2.24, 2.45) is 0 Å². The number of fused-ring (bicyclic) bond motifs is 2. The molecule has 6 heteroatoms. The number of hydrogen-bond donors (Lipinski definition) is 1. The van der Waals surface area contributed by atoms with Gasteiger partial charge < -0.3 is 0 Å². The topological polar surface area (TPSA) is 89.8 Å². The van der Waals surface area contributed by atoms with Gasteiger partial charge in [0.1, 0.15) is 0 Å². The summed E-state index contributed by atoms with van der Waals surface area (Å²) in [5, 5.41) is 17.3. The van der Waals surface area contributed by atoms with Gasteiger partial charge in [0, 0.05) is 17.0 Å². The Bertz CT molecular complexity index is 1120. The zero-order chi connectivity index (χ0) is 17.1. The van der Waals surface area contributed by atoms with Crippen molar-refractivity contribution in [2.45, 2.75) is 18.8 Å². The molecule has 1 N–H and O–H groups in total. The van der Waals surface area contributed by atoms with Crippen molar-refractivity contribution in [3.63, 3.8) is 0 Å². The van der Waals surface area contributed by atoms with Crippen molar-refractivity contribution in [2.75, 3.05) is 4.90 Å². The predicted octanol–water partition coefficient (Wildman–Crippen LogP) is 3.11. The van der Waals surface area contributed by atoms with Gasteiger partial charge in [-0.15, -0.1) is 0 Å². The summed E-state index contributed by atoms with van der Waals surface area (Å²) >= 11 is 0. The van der Waals surface area contributed by atoms with Crippen LogP contribution in [-0.4, -0.2) is 22.0 Å². The first-order valence-electron chi connectivity index (χ1n) is 8.08. The van der Waals surface area contributed by atoms with E-state index < -0.39 is 5.91 Å². The standard InChI is InChI=1S/C19H12N4O2/c20-9-10-1-5-13-14(7-10)19(25)23(18(13)24)12-4-6-16-15(8-12)17(22-21-16)11-2-3-11/h1,4-8,11H,2-3H2,(H,21,22). The van der Waals surface area contributed by atoms with Gasteiger partial charge in [0.05, 0.1) is 34.0 Å². The smallest absolute Gasteiger partial charge is 0.266 e. The summed E-state index contributed by atoms with van der Waals surface area (Å²) in [6.07, 6.45) is 2.26. The lowest BCUT2D eigenvalue weighted by atomic mass is 10.1. The molecule has 3 aromatic rings. The van der Waals surface area contributed by atoms with E-state index in [0.717, 1.165) is 29.4 Å². The van der Waals surface area contributed by atoms with Gasteiger partial charge in [0.15, 0.2) is 0 Å². The van der Waals surface area contributed by atoms with Crippen molar-refractivity contribution in [1.82, 2.24) is 10.2 Å². The summed E-state index contributed by atoms with van der Waals surface area (Å²) in [6, 6.07) is 12.0. The number of amides is 2. The van der Waals surface area contributed by atoms with E-state index in [1.165, 1.54) is 11.0 Å². The predicted molar refractivity (Wildman–Crippen MR) is 90.4 cm³/mol. The number of imide groups is 1. The molecule has 1 aromatic heterocycles. The molecule has 120 valence electrons. The van der Waals surface area contributed by atoms with Gasteiger partial charge in [0.2, 0.25) is 0 Å². The number of aromatic amines is 1. The van der Waals surface area contributed by atoms with E-state index in [-0.39, 0.29) is 11.5 Å². The molecule has 6 nitrogen and oxygen atoms in total. The summed E-state index contributed by atoms with van der Waals surface area (Å²) < 4.78 is 0. The fraction of sp³-hybridized carbons (Fsp3) is 0.158. The van der Waals surface area contributed by atoms with E-state index in [4.69, 9.17) is 5.26 Å². The molecule has 1 aliphatic heterocycles. The lowest BCUT2D eigenvalue weighted by molar-refractivity contribution is 0.0926. The summed E-state index contributed by atoms with van der Waals surface area (Å²) in [7, 11) is 0. The number of carbonyl (C=O) groups is 2. The molecule has 2 aliphatic rings. The van der Waals surface area contributed by atoms with Crippen LogP contribution >= 0.6 is 0 Å². The first-order valence-corrected chi connectivity index (χ1v) is 8.08. The molecular formula is C19H12N4O2. The Morgan fingerprint density at radius 3 is 2.64 bits per heavy atom. The van der Waals surface area contributed by atoms with Crippen LogP contribution in [0.15, 0.2) is 36.4 Å². The number of nitrogens with one attached hydrogen (secondary N) is 1. The van der Waals surface area contributed by atoms with E-state index >= 15 is 0 Å². The number of aromatic nitrogens is 2. The number of H-pyrrole nitrogens is 1. The Labute approximate surface area is 142 Å². The third-order valence-corrected chi connectivity index (χ3v) is 4.83. The Morgan fingerprint density at radius 1 is 1.08 bits per heavy atom. The number of nitrogens with zero attached hydrogens (tertiary/aromatic N) is 3. The average molecular weight is 328 g/mol. The van der Waals surface area contributed by atoms with Crippen LogP contribution in [0.3, 0.4) is 0 Å². The minimum atomic E-state index is -0.395. The van der Waals surface area contributed by atoms with Gasteiger partial charge in [-0.3, -0.25) is 14.7 Å². The van der Waals surface area contributed by atoms with Crippen LogP contribution < -0.4 is 4.90 Å². The molecule has 2 aromatic carbocycles. The summed E-state index contributed by atoms with van der Waals surface area (Å²) in [5.41, 5.74) is 3.40. The van der Waals surface area contributed by atoms with Crippen molar-refractivity contribution in [3.8, 4) is 6.07 Å². The van der Waals surface area contributed by atoms with Gasteiger partial charge in [-0.25, -0.2) is 4.90 Å². The number of nitriles is 1. The molecule has 0 unspecified atom stereocenters. The van der Waals surface area contributed by atoms with Crippen molar-refractivity contribution in [3.05, 3.63) is 58.8 Å². The molecule has 0 spiro atoms. The van der Waals surface area contributed by atoms with Gasteiger partial charge >= 0.3 is 0 Å². The third kappa shape index (κ3) is 1.93. The number of carbonyl (C=O) groups excluding carboxylic acids is 2. The molecular weight excluding hydrogens is 316 g/mol. The maximum Gasteiger partial charge on any atom is 0.266 e. The first-order chi connectivity index (χ1) is 12.2. The second-order valence-electron chi connectivity index (χ2n) is 6.43. The van der Waals surface area contributed by atoms with Crippen molar-refractivity contribution < 1.29 is 9.59 Å². The van der Waals surface area contributed by atoms with Crippen LogP contribution in [0.1, 0.15) is 50.7 Å². The minimum Gasteiger partial charge on any atom is -0.281 e. The quantitative estimate of drug-likeness (QED) is 0.732. The second kappa shape index (κ2) is 4.77. The molecule has 1 saturated carbocycles. The molecule has 1 fully saturated rings. The van der Waals surface area contributed by atoms with E-state index in [9.17, 15) is 9.59 Å². The van der Waals surface area contributed by atoms with Gasteiger partial charge in [-0.05, 0) is 49.2 Å². The number of hydrogen-bond acceptors (Lipinski definition) is 4. The van der Waals surface area contributed by atoms with Crippen LogP contribution in [0, 0.1) is 11.3 Å². The zero-order valence-corrected chi connectivity index (χ0v) is 13.1. The Kier molecular flexibility index (Phi) is 2.66. The maximum absolute atomic E-state index is 12.8. The fourth-order valence-electron chi connectivity index (χ4n) is 3.39. The van der Waals surface area contributed by atoms with Gasteiger partial charge in [-0.2, -0.15) is 10.4 Å². The largest absolute Gasteiger partial charge is 0.281 e. The van der Waals surface area contributed by atoms with Crippen LogP contribution in [0.25, 0.3) is 10.9 Å². The van der Waals surface area contributed by atoms with Crippen LogP contribution in [0.2, 0.25) is 0 Å². The fourth-order valence-corrected chi connectivity index (χ4v) is 3.39. The molecule has 0 saturated heterocycles. The maximum atomic E-state index is 12.8. The van der Waals surface area contributed by atoms with Crippen molar-refractivity contribution in [1.29, 1.82) is 5.26 Å². The van der Waals surface area contributed by atoms with E-state index in [1.807, 2.05) is 18.2 Å². The van der Waals surface area contributed by atoms with E-state index in [1.54, 1.807) is 18.2 Å². The molecule has 0 atom stereocenters. The molecule has 1 aliphatic carbocycles. The highest BCUT2D eigenvalue weighted by Gasteiger charge is 2.37. The van der Waals surface area contributed by atoms with Gasteiger partial charge in [0.25, 0.3) is 11.8 Å². The van der Waals surface area contributed by atoms with Crippen LogP contribution in [0.4, 0.5) is 5.69 Å². The Balaban J connectivity index is 1.63. The highest BCUT2D eigenvalue weighted by atomic mass is 16.2. The normalized spacial score (nSPS) is 16.4. The number of benzene rings is 2. The van der Waals surface area contributed by atoms with Gasteiger partial charge in [-0.1, -0.05) is 0 Å². The summed E-state index contributed by atoms with van der Waals surface area (Å²) in [5.74, 6) is -0.270. The summed E-state index contributed by atoms with van der Waals surface area (Å²) in [6.45, 7) is 0. The molecule has 0 radical (unpaired) electrons. The SMILES string of the molecule is N#Cc1ccc2c(c1)C(=O)N(c1ccc3n[nH]c(C4CC4)c3c1)C2=O. The minimum absolute atomic E-state index is 0.277. The summed E-state index contributed by atoms with van der Waals surface area (Å²) in [4.78, 5) is 26.6. The monoisotopic (exact) mass is 328 g/mol. The molecule has 5 rings (SSSR count). The van der Waals surface area contributed by atoms with Crippen LogP contribution in [-0.2, 0) is 0 Å². The van der Waals surface area contributed by atoms with Crippen LogP contribution in [0.5, 0.6) is 0 Å². The Morgan fingerprint density at radius 2 is 1.88 bits per heavy atom. The lowest BCUT2D eigenvalue weighted by Crippen LogP contribution is -2.29. The highest BCUT2D eigenvalue weighted by molar-refractivity contribution is 6.34. The van der Waals surface area contributed by atoms with E-state index in [2.05, 4.69) is 10.2 Å². The molecule has 25 heavy (non-hydrogen) atoms. The second-order valence-corrected chi connectivity index (χ2v) is 6.43. The first kappa shape index (κ1) is 13.9. The lowest BCUT2D eigenvalue weighted by Gasteiger charge is -2.14. The molecule has 0 bridgehead atoms. The Hall–Kier alpha value is -3.46. The average Bonchev–Trinajstić information content (AvgIpc) is 3.34. The highest BCUT2D eigenvalue weighted by Crippen LogP contribution is 2.42. The molecule has 2 heterocycles. The third-order valence-electron chi connectivity index (χ3n) is 4.83. The number of anilines is 1. The zero-order valence-electron chi connectivity index (χ0n) is 13.1. The molecule has 2 amide bonds. The van der Waals surface area contributed by atoms with E-state index in [0.29, 0.717) is 22.7 Å². The van der Waals surface area contributed by atoms with Crippen molar-refractivity contribution >= 4 is 28.4 Å². The number of rotatable bonds is 2.